The van der Waals surface area contributed by atoms with Crippen LogP contribution in [-0.4, -0.2) is 23.0 Å². The second-order valence-electron chi connectivity index (χ2n) is 6.86. The second kappa shape index (κ2) is 10.4. The molecule has 3 aromatic carbocycles. The lowest BCUT2D eigenvalue weighted by Crippen LogP contribution is -2.42. The number of hydrogen-bond acceptors (Lipinski definition) is 2. The minimum atomic E-state index is -1.29. The van der Waals surface area contributed by atoms with Crippen molar-refractivity contribution in [2.75, 3.05) is 0 Å². The van der Waals surface area contributed by atoms with Gasteiger partial charge in [-0.05, 0) is 28.8 Å². The summed E-state index contributed by atoms with van der Waals surface area (Å²) in [5, 5.41) is 12.0. The lowest BCUT2D eigenvalue weighted by atomic mass is 9.99. The van der Waals surface area contributed by atoms with Crippen LogP contribution in [0.5, 0.6) is 0 Å². The monoisotopic (exact) mass is 475 g/mol. The summed E-state index contributed by atoms with van der Waals surface area (Å²) >= 11 is 11.7. The van der Waals surface area contributed by atoms with Crippen molar-refractivity contribution in [3.05, 3.63) is 100 Å². The molecule has 8 heteroatoms. The lowest BCUT2D eigenvalue weighted by Gasteiger charge is -2.17. The maximum Gasteiger partial charge on any atom is 0.326 e. The Bertz CT molecular complexity index is 1140. The number of nitrogens with one attached hydrogen (secondary N) is 1. The molecule has 0 aliphatic carbocycles. The molecule has 164 valence electrons. The smallest absolute Gasteiger partial charge is 0.326 e. The molecule has 0 fully saturated rings. The van der Waals surface area contributed by atoms with Crippen molar-refractivity contribution in [1.29, 1.82) is 0 Å². The van der Waals surface area contributed by atoms with Crippen molar-refractivity contribution in [3.63, 3.8) is 0 Å². The molecular weight excluding hydrogens is 459 g/mol. The Hall–Kier alpha value is -3.22. The molecule has 0 aliphatic rings. The Morgan fingerprint density at radius 3 is 2.00 bits per heavy atom. The van der Waals surface area contributed by atoms with E-state index in [0.29, 0.717) is 16.7 Å². The van der Waals surface area contributed by atoms with Gasteiger partial charge in [0.05, 0.1) is 11.1 Å². The van der Waals surface area contributed by atoms with Crippen LogP contribution in [0.15, 0.2) is 77.3 Å². The number of halogens is 4. The van der Waals surface area contributed by atoms with Crippen LogP contribution in [0.25, 0.3) is 16.7 Å². The van der Waals surface area contributed by atoms with E-state index in [-0.39, 0.29) is 22.0 Å². The fourth-order valence-electron chi connectivity index (χ4n) is 3.18. The average Bonchev–Trinajstić information content (AvgIpc) is 2.75. The topological polar surface area (TPSA) is 66.4 Å². The number of benzene rings is 3. The minimum Gasteiger partial charge on any atom is -0.480 e. The summed E-state index contributed by atoms with van der Waals surface area (Å²) in [5.41, 5.74) is 1.07. The Kier molecular flexibility index (Phi) is 7.62. The van der Waals surface area contributed by atoms with Crippen LogP contribution in [-0.2, 0) is 16.0 Å². The van der Waals surface area contributed by atoms with E-state index in [1.807, 2.05) is 0 Å². The summed E-state index contributed by atoms with van der Waals surface area (Å²) in [6, 6.07) is 16.7. The molecule has 0 saturated heterocycles. The van der Waals surface area contributed by atoms with E-state index in [1.54, 1.807) is 42.5 Å². The number of carboxylic acids is 1. The van der Waals surface area contributed by atoms with Gasteiger partial charge in [0, 0.05) is 6.42 Å². The molecule has 3 aromatic rings. The number of carbonyl (C=O) groups is 2. The highest BCUT2D eigenvalue weighted by Gasteiger charge is 2.24. The Balaban J connectivity index is 1.79. The van der Waals surface area contributed by atoms with E-state index in [0.717, 1.165) is 12.1 Å². The number of hydrogen-bond donors (Lipinski definition) is 2. The SMILES string of the molecule is O=C(N[C@@H](Cc1ccc(-c2c(F)cccc2F)cc1)C(=O)O)C(=C(Cl)Cl)c1ccccc1. The van der Waals surface area contributed by atoms with E-state index in [1.165, 1.54) is 18.2 Å². The first-order valence-corrected chi connectivity index (χ1v) is 10.2. The van der Waals surface area contributed by atoms with Crippen LogP contribution in [0, 0.1) is 11.6 Å². The molecule has 4 nitrogen and oxygen atoms in total. The van der Waals surface area contributed by atoms with Gasteiger partial charge in [0.25, 0.3) is 5.91 Å². The molecule has 0 saturated carbocycles. The Labute approximate surface area is 193 Å². The van der Waals surface area contributed by atoms with Crippen LogP contribution in [0.2, 0.25) is 0 Å². The van der Waals surface area contributed by atoms with E-state index in [4.69, 9.17) is 23.2 Å². The highest BCUT2D eigenvalue weighted by atomic mass is 35.5. The van der Waals surface area contributed by atoms with Gasteiger partial charge in [0.15, 0.2) is 0 Å². The maximum atomic E-state index is 14.0. The van der Waals surface area contributed by atoms with Gasteiger partial charge in [-0.3, -0.25) is 4.79 Å². The number of rotatable bonds is 7. The number of aliphatic carboxylic acids is 1. The van der Waals surface area contributed by atoms with Crippen LogP contribution in [0.4, 0.5) is 8.78 Å². The molecule has 0 heterocycles. The predicted molar refractivity (Wildman–Crippen MR) is 120 cm³/mol. The fraction of sp³-hybridized carbons (Fsp3) is 0.0833. The van der Waals surface area contributed by atoms with Gasteiger partial charge in [-0.1, -0.05) is 83.9 Å². The minimum absolute atomic E-state index is 0.0504. The Morgan fingerprint density at radius 2 is 1.47 bits per heavy atom. The molecule has 0 bridgehead atoms. The lowest BCUT2D eigenvalue weighted by molar-refractivity contribution is -0.141. The standard InChI is InChI=1S/C24H17Cl2F2NO3/c25-22(26)21(15-5-2-1-3-6-15)23(30)29-19(24(31)32)13-14-9-11-16(12-10-14)20-17(27)7-4-8-18(20)28/h1-12,19H,13H2,(H,29,30)(H,31,32)/t19-/m0/s1. The first-order chi connectivity index (χ1) is 15.3. The number of amides is 1. The van der Waals surface area contributed by atoms with Crippen LogP contribution < -0.4 is 5.32 Å². The molecule has 1 atom stereocenters. The quantitative estimate of drug-likeness (QED) is 0.437. The summed E-state index contributed by atoms with van der Waals surface area (Å²) < 4.78 is 27.7. The molecule has 0 aromatic heterocycles. The zero-order chi connectivity index (χ0) is 23.3. The fourth-order valence-corrected chi connectivity index (χ4v) is 3.57. The molecular formula is C24H17Cl2F2NO3. The molecule has 0 radical (unpaired) electrons. The summed E-state index contributed by atoms with van der Waals surface area (Å²) in [6.45, 7) is 0. The van der Waals surface area contributed by atoms with Crippen LogP contribution >= 0.6 is 23.2 Å². The van der Waals surface area contributed by atoms with Gasteiger partial charge < -0.3 is 10.4 Å². The molecule has 0 unspecified atom stereocenters. The predicted octanol–water partition coefficient (Wildman–Crippen LogP) is 5.59. The van der Waals surface area contributed by atoms with Gasteiger partial charge in [0.1, 0.15) is 22.2 Å². The highest BCUT2D eigenvalue weighted by molar-refractivity contribution is 6.61. The number of carbonyl (C=O) groups excluding carboxylic acids is 1. The van der Waals surface area contributed by atoms with Gasteiger partial charge in [-0.2, -0.15) is 0 Å². The van der Waals surface area contributed by atoms with Crippen molar-refractivity contribution >= 4 is 40.7 Å². The van der Waals surface area contributed by atoms with Gasteiger partial charge in [0.2, 0.25) is 0 Å². The molecule has 32 heavy (non-hydrogen) atoms. The largest absolute Gasteiger partial charge is 0.480 e. The molecule has 1 amide bonds. The van der Waals surface area contributed by atoms with E-state index in [9.17, 15) is 23.5 Å². The normalized spacial score (nSPS) is 11.5. The highest BCUT2D eigenvalue weighted by Crippen LogP contribution is 2.27. The first-order valence-electron chi connectivity index (χ1n) is 9.45. The van der Waals surface area contributed by atoms with Crippen molar-refractivity contribution in [3.8, 4) is 11.1 Å². The van der Waals surface area contributed by atoms with Gasteiger partial charge >= 0.3 is 5.97 Å². The Morgan fingerprint density at radius 1 is 0.875 bits per heavy atom. The maximum absolute atomic E-state index is 14.0. The molecule has 2 N–H and O–H groups in total. The molecule has 0 spiro atoms. The molecule has 0 aliphatic heterocycles. The summed E-state index contributed by atoms with van der Waals surface area (Å²) in [7, 11) is 0. The summed E-state index contributed by atoms with van der Waals surface area (Å²) in [6.07, 6.45) is -0.0664. The molecule has 3 rings (SSSR count). The van der Waals surface area contributed by atoms with Crippen molar-refractivity contribution in [1.82, 2.24) is 5.32 Å². The second-order valence-corrected chi connectivity index (χ2v) is 7.81. The van der Waals surface area contributed by atoms with E-state index in [2.05, 4.69) is 5.32 Å². The van der Waals surface area contributed by atoms with E-state index < -0.39 is 29.6 Å². The first kappa shape index (κ1) is 23.4. The van der Waals surface area contributed by atoms with Crippen molar-refractivity contribution in [2.45, 2.75) is 12.5 Å². The summed E-state index contributed by atoms with van der Waals surface area (Å²) in [5.74, 6) is -3.41. The van der Waals surface area contributed by atoms with Crippen molar-refractivity contribution in [2.24, 2.45) is 0 Å². The third-order valence-electron chi connectivity index (χ3n) is 4.73. The zero-order valence-corrected chi connectivity index (χ0v) is 18.0. The van der Waals surface area contributed by atoms with Gasteiger partial charge in [-0.15, -0.1) is 0 Å². The zero-order valence-electron chi connectivity index (χ0n) is 16.5. The third kappa shape index (κ3) is 5.52. The van der Waals surface area contributed by atoms with Crippen LogP contribution in [0.1, 0.15) is 11.1 Å². The van der Waals surface area contributed by atoms with Gasteiger partial charge in [-0.25, -0.2) is 13.6 Å². The van der Waals surface area contributed by atoms with E-state index >= 15 is 0 Å². The van der Waals surface area contributed by atoms with Crippen LogP contribution in [0.3, 0.4) is 0 Å². The third-order valence-corrected chi connectivity index (χ3v) is 5.11. The average molecular weight is 476 g/mol. The van der Waals surface area contributed by atoms with Crippen molar-refractivity contribution < 1.29 is 23.5 Å². The number of carboxylic acid groups (broad SMARTS) is 1. The summed E-state index contributed by atoms with van der Waals surface area (Å²) in [4.78, 5) is 24.5.